The van der Waals surface area contributed by atoms with Crippen LogP contribution in [0.2, 0.25) is 0 Å². The number of alkyl halides is 5. The van der Waals surface area contributed by atoms with Crippen LogP contribution in [0.25, 0.3) is 0 Å². The van der Waals surface area contributed by atoms with E-state index in [2.05, 4.69) is 0 Å². The van der Waals surface area contributed by atoms with Gasteiger partial charge < -0.3 is 5.32 Å². The number of carbonyl (C=O) groups excluding carboxylic acids is 1. The number of nitrogens with one attached hydrogen (secondary N) is 1. The van der Waals surface area contributed by atoms with Crippen molar-refractivity contribution >= 4 is 5.91 Å². The Morgan fingerprint density at radius 2 is 1.80 bits per heavy atom. The first-order chi connectivity index (χ1) is 6.66. The second-order valence-corrected chi connectivity index (χ2v) is 3.76. The van der Waals surface area contributed by atoms with Crippen LogP contribution >= 0.6 is 0 Å². The Morgan fingerprint density at radius 1 is 1.33 bits per heavy atom. The van der Waals surface area contributed by atoms with Gasteiger partial charge in [-0.15, -0.1) is 0 Å². The van der Waals surface area contributed by atoms with Crippen LogP contribution in [0.3, 0.4) is 0 Å². The van der Waals surface area contributed by atoms with Gasteiger partial charge in [0.15, 0.2) is 0 Å². The molecule has 1 rings (SSSR count). The van der Waals surface area contributed by atoms with Crippen molar-refractivity contribution in [2.45, 2.75) is 25.4 Å². The molecule has 2 nitrogen and oxygen atoms in total. The van der Waals surface area contributed by atoms with E-state index < -0.39 is 18.0 Å². The van der Waals surface area contributed by atoms with E-state index in [1.165, 1.54) is 0 Å². The van der Waals surface area contributed by atoms with Gasteiger partial charge in [0.2, 0.25) is 0 Å². The average Bonchev–Trinajstić information content (AvgIpc) is 2.75. The maximum absolute atomic E-state index is 12.4. The predicted molar refractivity (Wildman–Crippen MR) is 41.3 cm³/mol. The lowest BCUT2D eigenvalue weighted by atomic mass is 10.3. The van der Waals surface area contributed by atoms with Gasteiger partial charge in [0.25, 0.3) is 5.91 Å². The van der Waals surface area contributed by atoms with E-state index >= 15 is 0 Å². The third-order valence-corrected chi connectivity index (χ3v) is 2.44. The first-order valence-corrected chi connectivity index (χ1v) is 4.39. The van der Waals surface area contributed by atoms with Crippen LogP contribution in [0.15, 0.2) is 0 Å². The van der Waals surface area contributed by atoms with Crippen molar-refractivity contribution in [1.82, 2.24) is 5.32 Å². The van der Waals surface area contributed by atoms with Gasteiger partial charge in [0.05, 0.1) is 0 Å². The molecule has 0 spiro atoms. The Kier molecular flexibility index (Phi) is 2.93. The van der Waals surface area contributed by atoms with E-state index in [4.69, 9.17) is 0 Å². The molecule has 0 aromatic heterocycles. The molecule has 0 aromatic rings. The molecular formula is C8H10F5NO. The van der Waals surface area contributed by atoms with Crippen molar-refractivity contribution in [1.29, 1.82) is 0 Å². The van der Waals surface area contributed by atoms with E-state index in [0.717, 1.165) is 6.42 Å². The van der Waals surface area contributed by atoms with Gasteiger partial charge in [-0.05, 0) is 18.3 Å². The van der Waals surface area contributed by atoms with Crippen molar-refractivity contribution in [2.75, 3.05) is 6.54 Å². The van der Waals surface area contributed by atoms with Crippen LogP contribution in [-0.2, 0) is 4.79 Å². The highest BCUT2D eigenvalue weighted by Gasteiger charge is 2.63. The molecule has 0 aliphatic heterocycles. The zero-order chi connectivity index (χ0) is 11.9. The van der Waals surface area contributed by atoms with E-state index in [9.17, 15) is 26.7 Å². The zero-order valence-corrected chi connectivity index (χ0v) is 7.87. The van der Waals surface area contributed by atoms with Gasteiger partial charge in [-0.1, -0.05) is 6.92 Å². The van der Waals surface area contributed by atoms with Crippen LogP contribution in [0.4, 0.5) is 22.0 Å². The molecule has 15 heavy (non-hydrogen) atoms. The van der Waals surface area contributed by atoms with Gasteiger partial charge in [-0.3, -0.25) is 4.79 Å². The molecule has 1 N–H and O–H groups in total. The summed E-state index contributed by atoms with van der Waals surface area (Å²) in [5.74, 6) is -7.26. The summed E-state index contributed by atoms with van der Waals surface area (Å²) in [6, 6.07) is 0. The van der Waals surface area contributed by atoms with Crippen LogP contribution in [0.1, 0.15) is 13.3 Å². The fourth-order valence-corrected chi connectivity index (χ4v) is 1.15. The second kappa shape index (κ2) is 3.61. The number of halogens is 5. The fraction of sp³-hybridized carbons (Fsp3) is 0.875. The maximum Gasteiger partial charge on any atom is 0.463 e. The molecule has 1 aliphatic rings. The van der Waals surface area contributed by atoms with Crippen molar-refractivity contribution in [3.8, 4) is 0 Å². The maximum atomic E-state index is 12.4. The summed E-state index contributed by atoms with van der Waals surface area (Å²) in [6.07, 6.45) is -5.08. The fourth-order valence-electron chi connectivity index (χ4n) is 1.15. The molecule has 2 unspecified atom stereocenters. The molecule has 1 saturated carbocycles. The topological polar surface area (TPSA) is 29.1 Å². The largest absolute Gasteiger partial charge is 0.463 e. The second-order valence-electron chi connectivity index (χ2n) is 3.76. The number of carbonyl (C=O) groups is 1. The number of rotatable bonds is 3. The van der Waals surface area contributed by atoms with Crippen molar-refractivity contribution in [2.24, 2.45) is 11.8 Å². The SMILES string of the molecule is CC1CC1CNC(=O)C(F)(F)C(F)(F)F. The summed E-state index contributed by atoms with van der Waals surface area (Å²) in [4.78, 5) is 10.6. The highest BCUT2D eigenvalue weighted by molar-refractivity contribution is 5.84. The molecule has 88 valence electrons. The van der Waals surface area contributed by atoms with Crippen LogP contribution in [-0.4, -0.2) is 24.6 Å². The van der Waals surface area contributed by atoms with E-state index in [1.54, 1.807) is 5.32 Å². The molecule has 2 atom stereocenters. The smallest absolute Gasteiger partial charge is 0.350 e. The first-order valence-electron chi connectivity index (χ1n) is 4.39. The lowest BCUT2D eigenvalue weighted by molar-refractivity contribution is -0.269. The third-order valence-electron chi connectivity index (χ3n) is 2.44. The Labute approximate surface area is 82.8 Å². The molecule has 0 saturated heterocycles. The normalized spacial score (nSPS) is 26.3. The lowest BCUT2D eigenvalue weighted by Gasteiger charge is -2.18. The summed E-state index contributed by atoms with van der Waals surface area (Å²) < 4.78 is 59.8. The minimum absolute atomic E-state index is 0.0259. The van der Waals surface area contributed by atoms with Crippen LogP contribution in [0, 0.1) is 11.8 Å². The van der Waals surface area contributed by atoms with Crippen molar-refractivity contribution < 1.29 is 26.7 Å². The van der Waals surface area contributed by atoms with Gasteiger partial charge in [0, 0.05) is 6.54 Å². The number of hydrogen-bond acceptors (Lipinski definition) is 1. The minimum atomic E-state index is -5.83. The molecule has 1 amide bonds. The molecule has 0 heterocycles. The standard InChI is InChI=1S/C8H10F5NO/c1-4-2-5(4)3-14-6(15)7(9,10)8(11,12)13/h4-5H,2-3H2,1H3,(H,14,15). The summed E-state index contributed by atoms with van der Waals surface area (Å²) in [6.45, 7) is 1.71. The van der Waals surface area contributed by atoms with Crippen LogP contribution < -0.4 is 5.32 Å². The summed E-state index contributed by atoms with van der Waals surface area (Å²) in [5.41, 5.74) is 0. The minimum Gasteiger partial charge on any atom is -0.350 e. The zero-order valence-electron chi connectivity index (χ0n) is 7.87. The summed E-state index contributed by atoms with van der Waals surface area (Å²) in [7, 11) is 0. The van der Waals surface area contributed by atoms with E-state index in [0.29, 0.717) is 0 Å². The lowest BCUT2D eigenvalue weighted by Crippen LogP contribution is -2.50. The van der Waals surface area contributed by atoms with Gasteiger partial charge in [0.1, 0.15) is 0 Å². The van der Waals surface area contributed by atoms with Gasteiger partial charge in [-0.25, -0.2) is 0 Å². The van der Waals surface area contributed by atoms with Crippen molar-refractivity contribution in [3.05, 3.63) is 0 Å². The molecule has 0 aromatic carbocycles. The van der Waals surface area contributed by atoms with E-state index in [1.807, 2.05) is 6.92 Å². The summed E-state index contributed by atoms with van der Waals surface area (Å²) in [5, 5.41) is 1.61. The first kappa shape index (κ1) is 12.2. The van der Waals surface area contributed by atoms with Gasteiger partial charge in [-0.2, -0.15) is 22.0 Å². The monoisotopic (exact) mass is 231 g/mol. The van der Waals surface area contributed by atoms with Crippen molar-refractivity contribution in [3.63, 3.8) is 0 Å². The highest BCUT2D eigenvalue weighted by Crippen LogP contribution is 2.38. The van der Waals surface area contributed by atoms with E-state index in [-0.39, 0.29) is 18.4 Å². The molecule has 1 fully saturated rings. The quantitative estimate of drug-likeness (QED) is 0.739. The molecule has 1 aliphatic carbocycles. The van der Waals surface area contributed by atoms with Crippen LogP contribution in [0.5, 0.6) is 0 Å². The average molecular weight is 231 g/mol. The Hall–Kier alpha value is -0.880. The number of hydrogen-bond donors (Lipinski definition) is 1. The highest BCUT2D eigenvalue weighted by atomic mass is 19.4. The molecule has 0 radical (unpaired) electrons. The summed E-state index contributed by atoms with van der Waals surface area (Å²) >= 11 is 0. The molecular weight excluding hydrogens is 221 g/mol. The molecule has 0 bridgehead atoms. The Balaban J connectivity index is 2.45. The Morgan fingerprint density at radius 3 is 2.13 bits per heavy atom. The molecule has 7 heteroatoms. The third kappa shape index (κ3) is 2.57. The Bertz CT molecular complexity index is 262. The predicted octanol–water partition coefficient (Wildman–Crippen LogP) is 1.96. The number of amides is 1. The van der Waals surface area contributed by atoms with Gasteiger partial charge >= 0.3 is 12.1 Å².